The van der Waals surface area contributed by atoms with Gasteiger partial charge in [0, 0.05) is 5.56 Å². The highest BCUT2D eigenvalue weighted by Gasteiger charge is 2.15. The summed E-state index contributed by atoms with van der Waals surface area (Å²) in [6.07, 6.45) is 0.347. The van der Waals surface area contributed by atoms with Crippen molar-refractivity contribution in [3.05, 3.63) is 34.6 Å². The van der Waals surface area contributed by atoms with Crippen LogP contribution in [0.25, 0.3) is 0 Å². The first-order chi connectivity index (χ1) is 6.43. The van der Waals surface area contributed by atoms with Gasteiger partial charge in [-0.2, -0.15) is 0 Å². The summed E-state index contributed by atoms with van der Waals surface area (Å²) >= 11 is 0. The van der Waals surface area contributed by atoms with Crippen LogP contribution < -0.4 is 0 Å². The molecule has 1 rings (SSSR count). The van der Waals surface area contributed by atoms with Crippen molar-refractivity contribution in [3.63, 3.8) is 0 Å². The molecule has 0 N–H and O–H groups in total. The minimum atomic E-state index is -1.07. The Morgan fingerprint density at radius 1 is 1.14 bits per heavy atom. The zero-order chi connectivity index (χ0) is 10.9. The molecule has 0 aliphatic carbocycles. The first kappa shape index (κ1) is 11.1. The first-order valence-electron chi connectivity index (χ1n) is 4.56. The van der Waals surface area contributed by atoms with Crippen LogP contribution in [0.3, 0.4) is 0 Å². The van der Waals surface area contributed by atoms with Crippen LogP contribution in [0.5, 0.6) is 0 Å². The van der Waals surface area contributed by atoms with E-state index >= 15 is 0 Å². The summed E-state index contributed by atoms with van der Waals surface area (Å²) in [7, 11) is 0. The van der Waals surface area contributed by atoms with Gasteiger partial charge in [-0.25, -0.2) is 13.2 Å². The van der Waals surface area contributed by atoms with Crippen molar-refractivity contribution < 1.29 is 13.2 Å². The number of halogens is 3. The summed E-state index contributed by atoms with van der Waals surface area (Å²) in [5.74, 6) is -2.50. The minimum Gasteiger partial charge on any atom is -0.207 e. The molecule has 0 atom stereocenters. The Kier molecular flexibility index (Phi) is 3.19. The van der Waals surface area contributed by atoms with Crippen molar-refractivity contribution in [1.82, 2.24) is 0 Å². The van der Waals surface area contributed by atoms with Gasteiger partial charge in [-0.1, -0.05) is 13.8 Å². The average Bonchev–Trinajstić information content (AvgIpc) is 2.10. The van der Waals surface area contributed by atoms with Crippen molar-refractivity contribution in [2.24, 2.45) is 5.92 Å². The summed E-state index contributed by atoms with van der Waals surface area (Å²) in [6.45, 7) is 4.97. The molecule has 0 bridgehead atoms. The summed E-state index contributed by atoms with van der Waals surface area (Å²) in [6, 6.07) is 1.08. The van der Waals surface area contributed by atoms with E-state index < -0.39 is 17.5 Å². The molecule has 0 amide bonds. The van der Waals surface area contributed by atoms with Gasteiger partial charge in [0.05, 0.1) is 0 Å². The van der Waals surface area contributed by atoms with Crippen LogP contribution in [0.2, 0.25) is 0 Å². The van der Waals surface area contributed by atoms with Crippen molar-refractivity contribution >= 4 is 0 Å². The van der Waals surface area contributed by atoms with Crippen LogP contribution >= 0.6 is 0 Å². The van der Waals surface area contributed by atoms with E-state index in [0.717, 1.165) is 6.07 Å². The van der Waals surface area contributed by atoms with Crippen molar-refractivity contribution in [2.45, 2.75) is 27.2 Å². The lowest BCUT2D eigenvalue weighted by Crippen LogP contribution is -2.03. The molecule has 0 aromatic heterocycles. The fourth-order valence-corrected chi connectivity index (χ4v) is 1.32. The topological polar surface area (TPSA) is 0 Å². The van der Waals surface area contributed by atoms with E-state index in [0.29, 0.717) is 6.42 Å². The Bertz CT molecular complexity index is 343. The third kappa shape index (κ3) is 2.08. The molecule has 0 aliphatic rings. The molecule has 78 valence electrons. The molecule has 1 aromatic rings. The van der Waals surface area contributed by atoms with Gasteiger partial charge >= 0.3 is 0 Å². The molecule has 14 heavy (non-hydrogen) atoms. The maximum Gasteiger partial charge on any atom is 0.164 e. The van der Waals surface area contributed by atoms with Gasteiger partial charge in [0.25, 0.3) is 0 Å². The molecule has 0 nitrogen and oxygen atoms in total. The Labute approximate surface area is 81.8 Å². The van der Waals surface area contributed by atoms with Crippen LogP contribution in [-0.2, 0) is 6.42 Å². The molecule has 0 heterocycles. The van der Waals surface area contributed by atoms with Gasteiger partial charge in [-0.05, 0) is 30.9 Å². The van der Waals surface area contributed by atoms with E-state index in [2.05, 4.69) is 0 Å². The van der Waals surface area contributed by atoms with Crippen molar-refractivity contribution in [3.8, 4) is 0 Å². The third-order valence-corrected chi connectivity index (χ3v) is 2.09. The zero-order valence-corrected chi connectivity index (χ0v) is 8.50. The predicted octanol–water partition coefficient (Wildman–Crippen LogP) is 3.61. The second kappa shape index (κ2) is 4.03. The molecule has 0 saturated carbocycles. The summed E-state index contributed by atoms with van der Waals surface area (Å²) < 4.78 is 39.4. The van der Waals surface area contributed by atoms with Crippen molar-refractivity contribution in [1.29, 1.82) is 0 Å². The van der Waals surface area contributed by atoms with Crippen molar-refractivity contribution in [2.75, 3.05) is 0 Å². The first-order valence-corrected chi connectivity index (χ1v) is 4.56. The lowest BCUT2D eigenvalue weighted by Gasteiger charge is -2.09. The fourth-order valence-electron chi connectivity index (χ4n) is 1.32. The largest absolute Gasteiger partial charge is 0.207 e. The number of hydrogen-bond acceptors (Lipinski definition) is 0. The molecule has 1 aromatic carbocycles. The molecule has 0 saturated heterocycles. The number of hydrogen-bond donors (Lipinski definition) is 0. The van der Waals surface area contributed by atoms with E-state index in [1.54, 1.807) is 0 Å². The highest BCUT2D eigenvalue weighted by Crippen LogP contribution is 2.21. The van der Waals surface area contributed by atoms with Crippen LogP contribution in [0.1, 0.15) is 25.0 Å². The second-order valence-electron chi connectivity index (χ2n) is 3.87. The highest BCUT2D eigenvalue weighted by molar-refractivity contribution is 5.27. The van der Waals surface area contributed by atoms with Gasteiger partial charge in [0.15, 0.2) is 11.6 Å². The van der Waals surface area contributed by atoms with Gasteiger partial charge < -0.3 is 0 Å². The Balaban J connectivity index is 3.19. The molecule has 0 spiro atoms. The summed E-state index contributed by atoms with van der Waals surface area (Å²) in [4.78, 5) is 0. The molecule has 3 heteroatoms. The van der Waals surface area contributed by atoms with Gasteiger partial charge in [-0.3, -0.25) is 0 Å². The Morgan fingerprint density at radius 2 is 1.71 bits per heavy atom. The molecular formula is C11H13F3. The lowest BCUT2D eigenvalue weighted by molar-refractivity contribution is 0.468. The predicted molar refractivity (Wildman–Crippen MR) is 49.6 cm³/mol. The SMILES string of the molecule is Cc1c(F)cc(CC(C)C)c(F)c1F. The van der Waals surface area contributed by atoms with Gasteiger partial charge in [-0.15, -0.1) is 0 Å². The fraction of sp³-hybridized carbons (Fsp3) is 0.455. The van der Waals surface area contributed by atoms with E-state index in [1.807, 2.05) is 13.8 Å². The van der Waals surface area contributed by atoms with Crippen LogP contribution in [0, 0.1) is 30.3 Å². The normalized spacial score (nSPS) is 11.1. The lowest BCUT2D eigenvalue weighted by atomic mass is 10.0. The van der Waals surface area contributed by atoms with Crippen LogP contribution in [0.4, 0.5) is 13.2 Å². The van der Waals surface area contributed by atoms with Crippen LogP contribution in [-0.4, -0.2) is 0 Å². The maximum atomic E-state index is 13.3. The van der Waals surface area contributed by atoms with Crippen LogP contribution in [0.15, 0.2) is 6.07 Å². The Hall–Kier alpha value is -0.990. The molecule has 0 fully saturated rings. The zero-order valence-electron chi connectivity index (χ0n) is 8.50. The monoisotopic (exact) mass is 202 g/mol. The number of benzene rings is 1. The van der Waals surface area contributed by atoms with E-state index in [1.165, 1.54) is 6.92 Å². The minimum absolute atomic E-state index is 0.112. The van der Waals surface area contributed by atoms with Gasteiger partial charge in [0.2, 0.25) is 0 Å². The third-order valence-electron chi connectivity index (χ3n) is 2.09. The van der Waals surface area contributed by atoms with E-state index in [-0.39, 0.29) is 17.0 Å². The number of rotatable bonds is 2. The molecule has 0 aliphatic heterocycles. The van der Waals surface area contributed by atoms with Gasteiger partial charge in [0.1, 0.15) is 5.82 Å². The smallest absolute Gasteiger partial charge is 0.164 e. The molecule has 0 radical (unpaired) electrons. The highest BCUT2D eigenvalue weighted by atomic mass is 19.2. The molecule has 0 unspecified atom stereocenters. The van der Waals surface area contributed by atoms with E-state index in [4.69, 9.17) is 0 Å². The second-order valence-corrected chi connectivity index (χ2v) is 3.87. The maximum absolute atomic E-state index is 13.3. The summed E-state index contributed by atoms with van der Waals surface area (Å²) in [5, 5.41) is 0. The van der Waals surface area contributed by atoms with E-state index in [9.17, 15) is 13.2 Å². The average molecular weight is 202 g/mol. The standard InChI is InChI=1S/C11H13F3/c1-6(2)4-8-5-9(12)7(3)10(13)11(8)14/h5-6H,4H2,1-3H3. The Morgan fingerprint density at radius 3 is 2.21 bits per heavy atom. The molecular weight excluding hydrogens is 189 g/mol. The quantitative estimate of drug-likeness (QED) is 0.642. The summed E-state index contributed by atoms with van der Waals surface area (Å²) in [5.41, 5.74) is -0.143.